The van der Waals surface area contributed by atoms with E-state index < -0.39 is 0 Å². The largest absolute Gasteiger partial charge is 0.469 e. The summed E-state index contributed by atoms with van der Waals surface area (Å²) >= 11 is 12.3. The number of carbonyl (C=O) groups excluding carboxylic acids is 2. The highest BCUT2D eigenvalue weighted by Gasteiger charge is 2.27. The molecule has 3 aromatic rings. The molecule has 0 bridgehead atoms. The number of rotatable bonds is 5. The molecule has 1 aliphatic carbocycles. The summed E-state index contributed by atoms with van der Waals surface area (Å²) in [5, 5.41) is 5.24. The SMILES string of the molecule is COC(=O)[C@H]1CC[C@H](CNC(=O)c2cc(Cl)ccc2-n2ccc3cc(Cl)ccc32)CC1. The van der Waals surface area contributed by atoms with Crippen LogP contribution < -0.4 is 5.32 Å². The fourth-order valence-corrected chi connectivity index (χ4v) is 4.68. The minimum absolute atomic E-state index is 0.0213. The molecule has 1 heterocycles. The molecular weight excluding hydrogens is 435 g/mol. The number of fused-ring (bicyclic) bond motifs is 1. The van der Waals surface area contributed by atoms with E-state index in [9.17, 15) is 9.59 Å². The van der Waals surface area contributed by atoms with Crippen LogP contribution in [0.2, 0.25) is 10.0 Å². The number of nitrogens with one attached hydrogen (secondary N) is 1. The summed E-state index contributed by atoms with van der Waals surface area (Å²) in [6.45, 7) is 0.570. The number of carbonyl (C=O) groups is 2. The molecule has 7 heteroatoms. The third-order valence-corrected chi connectivity index (χ3v) is 6.52. The summed E-state index contributed by atoms with van der Waals surface area (Å²) in [7, 11) is 1.43. The number of nitrogens with zero attached hydrogens (tertiary/aromatic N) is 1. The summed E-state index contributed by atoms with van der Waals surface area (Å²) in [4.78, 5) is 24.8. The van der Waals surface area contributed by atoms with Gasteiger partial charge in [-0.05, 0) is 74.1 Å². The molecule has 0 radical (unpaired) electrons. The van der Waals surface area contributed by atoms with E-state index in [1.54, 1.807) is 12.1 Å². The molecule has 2 aromatic carbocycles. The van der Waals surface area contributed by atoms with Crippen molar-refractivity contribution < 1.29 is 14.3 Å². The van der Waals surface area contributed by atoms with Crippen molar-refractivity contribution in [2.45, 2.75) is 25.7 Å². The Labute approximate surface area is 191 Å². The number of hydrogen-bond donors (Lipinski definition) is 1. The molecular formula is C24H24Cl2N2O3. The first-order valence-corrected chi connectivity index (χ1v) is 11.1. The lowest BCUT2D eigenvalue weighted by molar-refractivity contribution is -0.146. The van der Waals surface area contributed by atoms with Gasteiger partial charge in [-0.15, -0.1) is 0 Å². The number of halogens is 2. The normalized spacial score (nSPS) is 18.7. The Hall–Kier alpha value is -2.50. The Morgan fingerprint density at radius 3 is 2.48 bits per heavy atom. The second kappa shape index (κ2) is 9.33. The predicted octanol–water partition coefficient (Wildman–Crippen LogP) is 5.65. The maximum Gasteiger partial charge on any atom is 0.308 e. The van der Waals surface area contributed by atoms with Gasteiger partial charge in [-0.1, -0.05) is 23.2 Å². The molecule has 5 nitrogen and oxygen atoms in total. The Morgan fingerprint density at radius 1 is 1.03 bits per heavy atom. The van der Waals surface area contributed by atoms with Crippen LogP contribution in [-0.2, 0) is 9.53 Å². The first-order chi connectivity index (χ1) is 15.0. The number of esters is 1. The topological polar surface area (TPSA) is 60.3 Å². The van der Waals surface area contributed by atoms with Crippen molar-refractivity contribution in [3.63, 3.8) is 0 Å². The van der Waals surface area contributed by atoms with Crippen LogP contribution in [0.3, 0.4) is 0 Å². The van der Waals surface area contributed by atoms with Gasteiger partial charge < -0.3 is 14.6 Å². The quantitative estimate of drug-likeness (QED) is 0.502. The number of benzene rings is 2. The molecule has 1 aromatic heterocycles. The van der Waals surface area contributed by atoms with Crippen LogP contribution >= 0.6 is 23.2 Å². The highest BCUT2D eigenvalue weighted by Crippen LogP contribution is 2.30. The van der Waals surface area contributed by atoms with Gasteiger partial charge in [0.05, 0.1) is 29.8 Å². The number of amides is 1. The van der Waals surface area contributed by atoms with Crippen molar-refractivity contribution in [1.29, 1.82) is 0 Å². The molecule has 0 unspecified atom stereocenters. The summed E-state index contributed by atoms with van der Waals surface area (Å²) in [6.07, 6.45) is 5.31. The molecule has 1 saturated carbocycles. The Bertz CT molecular complexity index is 1120. The third-order valence-electron chi connectivity index (χ3n) is 6.05. The van der Waals surface area contributed by atoms with Crippen LogP contribution in [0, 0.1) is 11.8 Å². The fourth-order valence-electron chi connectivity index (χ4n) is 4.32. The first kappa shape index (κ1) is 21.7. The molecule has 1 fully saturated rings. The van der Waals surface area contributed by atoms with E-state index in [0.717, 1.165) is 42.3 Å². The summed E-state index contributed by atoms with van der Waals surface area (Å²) in [5.74, 6) is 0.0312. The van der Waals surface area contributed by atoms with Crippen LogP contribution in [0.4, 0.5) is 0 Å². The molecule has 1 amide bonds. The molecule has 0 spiro atoms. The van der Waals surface area contributed by atoms with Crippen LogP contribution in [-0.4, -0.2) is 30.1 Å². The van der Waals surface area contributed by atoms with Crippen molar-refractivity contribution >= 4 is 46.0 Å². The molecule has 4 rings (SSSR count). The highest BCUT2D eigenvalue weighted by molar-refractivity contribution is 6.31. The fraction of sp³-hybridized carbons (Fsp3) is 0.333. The van der Waals surface area contributed by atoms with Gasteiger partial charge in [-0.2, -0.15) is 0 Å². The molecule has 0 aliphatic heterocycles. The standard InChI is InChI=1S/C24H24Cl2N2O3/c1-31-24(30)16-4-2-15(3-5-16)14-27-23(29)20-13-19(26)7-9-22(20)28-11-10-17-12-18(25)6-8-21(17)28/h6-13,15-16H,2-5,14H2,1H3,(H,27,29)/t15-,16-. The average molecular weight is 459 g/mol. The van der Waals surface area contributed by atoms with E-state index in [2.05, 4.69) is 5.32 Å². The minimum atomic E-state index is -0.164. The van der Waals surface area contributed by atoms with Crippen molar-refractivity contribution in [2.24, 2.45) is 11.8 Å². The molecule has 1 N–H and O–H groups in total. The Kier molecular flexibility index (Phi) is 6.54. The van der Waals surface area contributed by atoms with Crippen molar-refractivity contribution in [3.8, 4) is 5.69 Å². The number of ether oxygens (including phenoxy) is 1. The monoisotopic (exact) mass is 458 g/mol. The second-order valence-corrected chi connectivity index (χ2v) is 8.87. The first-order valence-electron chi connectivity index (χ1n) is 10.4. The van der Waals surface area contributed by atoms with E-state index in [0.29, 0.717) is 28.1 Å². The van der Waals surface area contributed by atoms with Gasteiger partial charge in [0.1, 0.15) is 0 Å². The van der Waals surface area contributed by atoms with Gasteiger partial charge in [0.15, 0.2) is 0 Å². The number of aromatic nitrogens is 1. The summed E-state index contributed by atoms with van der Waals surface area (Å²) < 4.78 is 6.82. The number of hydrogen-bond acceptors (Lipinski definition) is 3. The zero-order chi connectivity index (χ0) is 22.0. The van der Waals surface area contributed by atoms with E-state index in [4.69, 9.17) is 27.9 Å². The lowest BCUT2D eigenvalue weighted by Crippen LogP contribution is -2.33. The zero-order valence-electron chi connectivity index (χ0n) is 17.2. The molecule has 162 valence electrons. The van der Waals surface area contributed by atoms with E-state index in [-0.39, 0.29) is 17.8 Å². The second-order valence-electron chi connectivity index (χ2n) is 8.00. The van der Waals surface area contributed by atoms with Gasteiger partial charge in [0.2, 0.25) is 0 Å². The van der Waals surface area contributed by atoms with Gasteiger partial charge in [-0.25, -0.2) is 0 Å². The molecule has 31 heavy (non-hydrogen) atoms. The van der Waals surface area contributed by atoms with Crippen LogP contribution in [0.1, 0.15) is 36.0 Å². The van der Waals surface area contributed by atoms with Crippen LogP contribution in [0.15, 0.2) is 48.7 Å². The summed E-state index contributed by atoms with van der Waals surface area (Å²) in [6, 6.07) is 13.0. The van der Waals surface area contributed by atoms with Crippen molar-refractivity contribution in [1.82, 2.24) is 9.88 Å². The van der Waals surface area contributed by atoms with Gasteiger partial charge in [0, 0.05) is 28.2 Å². The maximum atomic E-state index is 13.1. The molecule has 1 aliphatic rings. The highest BCUT2D eigenvalue weighted by atomic mass is 35.5. The van der Waals surface area contributed by atoms with Gasteiger partial charge >= 0.3 is 5.97 Å². The van der Waals surface area contributed by atoms with Crippen molar-refractivity contribution in [3.05, 3.63) is 64.3 Å². The lowest BCUT2D eigenvalue weighted by Gasteiger charge is -2.27. The third kappa shape index (κ3) is 4.73. The predicted molar refractivity (Wildman–Crippen MR) is 123 cm³/mol. The van der Waals surface area contributed by atoms with Crippen LogP contribution in [0.5, 0.6) is 0 Å². The Balaban J connectivity index is 1.50. The van der Waals surface area contributed by atoms with E-state index >= 15 is 0 Å². The minimum Gasteiger partial charge on any atom is -0.469 e. The Morgan fingerprint density at radius 2 is 1.74 bits per heavy atom. The van der Waals surface area contributed by atoms with E-state index in [1.165, 1.54) is 7.11 Å². The molecule has 0 atom stereocenters. The average Bonchev–Trinajstić information content (AvgIpc) is 3.20. The van der Waals surface area contributed by atoms with Gasteiger partial charge in [0.25, 0.3) is 5.91 Å². The smallest absolute Gasteiger partial charge is 0.308 e. The maximum absolute atomic E-state index is 13.1. The van der Waals surface area contributed by atoms with Gasteiger partial charge in [-0.3, -0.25) is 9.59 Å². The van der Waals surface area contributed by atoms with E-state index in [1.807, 2.05) is 41.1 Å². The molecule has 0 saturated heterocycles. The lowest BCUT2D eigenvalue weighted by atomic mass is 9.82. The van der Waals surface area contributed by atoms with Crippen molar-refractivity contribution in [2.75, 3.05) is 13.7 Å². The zero-order valence-corrected chi connectivity index (χ0v) is 18.7. The number of methoxy groups -OCH3 is 1. The van der Waals surface area contributed by atoms with Crippen LogP contribution in [0.25, 0.3) is 16.6 Å². The summed E-state index contributed by atoms with van der Waals surface area (Å²) in [5.41, 5.74) is 2.23.